The number of carbonyl (C=O) groups is 1. The summed E-state index contributed by atoms with van der Waals surface area (Å²) < 4.78 is 107. The van der Waals surface area contributed by atoms with Gasteiger partial charge in [-0.05, 0) is 67.8 Å². The first-order chi connectivity index (χ1) is 18.3. The van der Waals surface area contributed by atoms with E-state index in [0.29, 0.717) is 24.8 Å². The molecule has 3 aromatic rings. The summed E-state index contributed by atoms with van der Waals surface area (Å²) in [6.07, 6.45) is -6.82. The molecule has 6 nitrogen and oxygen atoms in total. The monoisotopic (exact) mass is 571 g/mol. The highest BCUT2D eigenvalue weighted by Crippen LogP contribution is 2.37. The third-order valence-corrected chi connectivity index (χ3v) is 7.52. The molecule has 39 heavy (non-hydrogen) atoms. The van der Waals surface area contributed by atoms with E-state index in [0.717, 1.165) is 49.6 Å². The van der Waals surface area contributed by atoms with Crippen molar-refractivity contribution in [3.8, 4) is 0 Å². The Balaban J connectivity index is 1.66. The molecule has 0 unspecified atom stereocenters. The van der Waals surface area contributed by atoms with Crippen LogP contribution in [0.3, 0.4) is 0 Å². The Kier molecular flexibility index (Phi) is 7.82. The normalized spacial score (nSPS) is 14.7. The molecule has 0 spiro atoms. The van der Waals surface area contributed by atoms with Crippen LogP contribution in [0.15, 0.2) is 71.6 Å². The summed E-state index contributed by atoms with van der Waals surface area (Å²) >= 11 is 0. The number of carbonyl (C=O) groups excluding carboxylic acids is 1. The first-order valence-electron chi connectivity index (χ1n) is 11.8. The number of benzene rings is 3. The molecule has 1 saturated heterocycles. The van der Waals surface area contributed by atoms with E-state index in [1.165, 1.54) is 30.3 Å². The molecule has 3 aromatic carbocycles. The van der Waals surface area contributed by atoms with E-state index >= 15 is 0 Å². The molecule has 2 N–H and O–H groups in total. The lowest BCUT2D eigenvalue weighted by molar-refractivity contribution is -0.138. The lowest BCUT2D eigenvalue weighted by Crippen LogP contribution is -2.30. The van der Waals surface area contributed by atoms with Gasteiger partial charge >= 0.3 is 12.4 Å². The van der Waals surface area contributed by atoms with Gasteiger partial charge in [0.2, 0.25) is 0 Å². The number of anilines is 3. The highest BCUT2D eigenvalue weighted by molar-refractivity contribution is 7.92. The van der Waals surface area contributed by atoms with Gasteiger partial charge in [-0.15, -0.1) is 0 Å². The van der Waals surface area contributed by atoms with Gasteiger partial charge in [-0.1, -0.05) is 18.2 Å². The lowest BCUT2D eigenvalue weighted by atomic mass is 10.1. The van der Waals surface area contributed by atoms with Gasteiger partial charge in [0.05, 0.1) is 38.6 Å². The zero-order valence-corrected chi connectivity index (χ0v) is 21.1. The van der Waals surface area contributed by atoms with E-state index in [-0.39, 0.29) is 16.9 Å². The van der Waals surface area contributed by atoms with Crippen LogP contribution in [0.1, 0.15) is 40.7 Å². The maximum absolute atomic E-state index is 13.4. The predicted octanol–water partition coefficient (Wildman–Crippen LogP) is 6.77. The lowest BCUT2D eigenvalue weighted by Gasteiger charge is -2.31. The van der Waals surface area contributed by atoms with Gasteiger partial charge in [0.25, 0.3) is 15.9 Å². The summed E-state index contributed by atoms with van der Waals surface area (Å²) in [5.74, 6) is -0.907. The minimum absolute atomic E-state index is 0.104. The van der Waals surface area contributed by atoms with Crippen LogP contribution in [0.4, 0.5) is 43.4 Å². The van der Waals surface area contributed by atoms with Gasteiger partial charge in [-0.25, -0.2) is 8.42 Å². The van der Waals surface area contributed by atoms with E-state index in [9.17, 15) is 39.6 Å². The first-order valence-corrected chi connectivity index (χ1v) is 13.3. The smallest absolute Gasteiger partial charge is 0.370 e. The largest absolute Gasteiger partial charge is 0.416 e. The van der Waals surface area contributed by atoms with Gasteiger partial charge in [0.1, 0.15) is 0 Å². The van der Waals surface area contributed by atoms with Gasteiger partial charge < -0.3 is 10.2 Å². The molecule has 4 rings (SSSR count). The fraction of sp³-hybridized carbons (Fsp3) is 0.269. The number of sulfonamides is 1. The molecule has 1 aliphatic heterocycles. The Morgan fingerprint density at radius 2 is 1.38 bits per heavy atom. The van der Waals surface area contributed by atoms with Crippen LogP contribution >= 0.6 is 0 Å². The molecule has 0 aliphatic carbocycles. The molecule has 13 heteroatoms. The number of nitrogens with one attached hydrogen (secondary N) is 2. The van der Waals surface area contributed by atoms with Crippen molar-refractivity contribution in [2.24, 2.45) is 0 Å². The van der Waals surface area contributed by atoms with Crippen molar-refractivity contribution < 1.29 is 39.6 Å². The van der Waals surface area contributed by atoms with Crippen molar-refractivity contribution in [2.45, 2.75) is 36.5 Å². The number of para-hydroxylation sites is 1. The third-order valence-electron chi connectivity index (χ3n) is 6.16. The molecule has 0 aromatic heterocycles. The van der Waals surface area contributed by atoms with E-state index < -0.39 is 44.3 Å². The SMILES string of the molecule is O=C(Nc1cc(C(F)(F)F)ccc1N1CCCCC1)c1ccccc1NS(=O)(=O)c1cccc(C(F)(F)F)c1. The average Bonchev–Trinajstić information content (AvgIpc) is 2.88. The van der Waals surface area contributed by atoms with Crippen molar-refractivity contribution in [3.05, 3.63) is 83.4 Å². The molecule has 0 atom stereocenters. The fourth-order valence-electron chi connectivity index (χ4n) is 4.23. The minimum atomic E-state index is -4.78. The van der Waals surface area contributed by atoms with Gasteiger partial charge in [0.15, 0.2) is 0 Å². The number of nitrogens with zero attached hydrogens (tertiary/aromatic N) is 1. The Hall–Kier alpha value is -3.74. The molecule has 1 fully saturated rings. The molecule has 0 saturated carbocycles. The molecule has 1 heterocycles. The quantitative estimate of drug-likeness (QED) is 0.320. The zero-order valence-electron chi connectivity index (χ0n) is 20.2. The minimum Gasteiger partial charge on any atom is -0.370 e. The molecular formula is C26H23F6N3O3S. The number of alkyl halides is 6. The highest BCUT2D eigenvalue weighted by Gasteiger charge is 2.33. The summed E-state index contributed by atoms with van der Waals surface area (Å²) in [7, 11) is -4.56. The Labute approximate surface area is 220 Å². The Bertz CT molecular complexity index is 1470. The number of piperidine rings is 1. The van der Waals surface area contributed by atoms with Gasteiger partial charge in [-0.2, -0.15) is 26.3 Å². The fourth-order valence-corrected chi connectivity index (χ4v) is 5.35. The maximum Gasteiger partial charge on any atom is 0.416 e. The third kappa shape index (κ3) is 6.64. The van der Waals surface area contributed by atoms with Crippen molar-refractivity contribution in [3.63, 3.8) is 0 Å². The number of hydrogen-bond donors (Lipinski definition) is 2. The maximum atomic E-state index is 13.4. The molecule has 0 radical (unpaired) electrons. The number of amides is 1. The first kappa shape index (κ1) is 28.3. The Morgan fingerprint density at radius 3 is 2.05 bits per heavy atom. The summed E-state index contributed by atoms with van der Waals surface area (Å²) in [5.41, 5.74) is -2.37. The van der Waals surface area contributed by atoms with Gasteiger partial charge in [-0.3, -0.25) is 9.52 Å². The van der Waals surface area contributed by atoms with Crippen LogP contribution in [0.5, 0.6) is 0 Å². The number of rotatable bonds is 6. The molecule has 1 amide bonds. The van der Waals surface area contributed by atoms with Crippen LogP contribution in [-0.2, 0) is 22.4 Å². The van der Waals surface area contributed by atoms with Gasteiger partial charge in [0, 0.05) is 13.1 Å². The summed E-state index contributed by atoms with van der Waals surface area (Å²) in [5, 5.41) is 2.47. The van der Waals surface area contributed by atoms with E-state index in [1.807, 2.05) is 4.90 Å². The average molecular weight is 572 g/mol. The van der Waals surface area contributed by atoms with Crippen molar-refractivity contribution in [1.82, 2.24) is 0 Å². The molecule has 208 valence electrons. The van der Waals surface area contributed by atoms with Crippen LogP contribution < -0.4 is 14.9 Å². The van der Waals surface area contributed by atoms with Crippen LogP contribution in [0, 0.1) is 0 Å². The molecule has 1 aliphatic rings. The summed E-state index contributed by atoms with van der Waals surface area (Å²) in [6.45, 7) is 1.17. The predicted molar refractivity (Wildman–Crippen MR) is 134 cm³/mol. The number of halogens is 6. The van der Waals surface area contributed by atoms with Crippen LogP contribution in [0.2, 0.25) is 0 Å². The highest BCUT2D eigenvalue weighted by atomic mass is 32.2. The van der Waals surface area contributed by atoms with Crippen molar-refractivity contribution in [1.29, 1.82) is 0 Å². The molecular weight excluding hydrogens is 548 g/mol. The van der Waals surface area contributed by atoms with Crippen molar-refractivity contribution >= 4 is 33.0 Å². The van der Waals surface area contributed by atoms with Crippen LogP contribution in [-0.4, -0.2) is 27.4 Å². The standard InChI is InChI=1S/C26H23F6N3O3S/c27-25(28,29)17-7-6-8-19(15-17)39(37,38)34-21-10-3-2-9-20(21)24(36)33-22-16-18(26(30,31)32)11-12-23(22)35-13-4-1-5-14-35/h2-3,6-12,15-16,34H,1,4-5,13-14H2,(H,33,36). The van der Waals surface area contributed by atoms with E-state index in [4.69, 9.17) is 0 Å². The number of hydrogen-bond acceptors (Lipinski definition) is 4. The summed E-state index contributed by atoms with van der Waals surface area (Å²) in [6, 6.07) is 11.4. The van der Waals surface area contributed by atoms with E-state index in [1.54, 1.807) is 0 Å². The second kappa shape index (κ2) is 10.8. The summed E-state index contributed by atoms with van der Waals surface area (Å²) in [4.78, 5) is 14.4. The van der Waals surface area contributed by atoms with Crippen LogP contribution in [0.25, 0.3) is 0 Å². The second-order valence-corrected chi connectivity index (χ2v) is 10.6. The van der Waals surface area contributed by atoms with E-state index in [2.05, 4.69) is 10.0 Å². The topological polar surface area (TPSA) is 78.5 Å². The Morgan fingerprint density at radius 1 is 0.744 bits per heavy atom. The second-order valence-electron chi connectivity index (χ2n) is 8.91. The zero-order chi connectivity index (χ0) is 28.4. The van der Waals surface area contributed by atoms with Crippen molar-refractivity contribution in [2.75, 3.05) is 28.0 Å². The molecule has 0 bridgehead atoms.